The van der Waals surface area contributed by atoms with Crippen LogP contribution in [0.2, 0.25) is 0 Å². The van der Waals surface area contributed by atoms with E-state index in [2.05, 4.69) is 25.8 Å². The predicted octanol–water partition coefficient (Wildman–Crippen LogP) is 2.45. The molecule has 0 unspecified atom stereocenters. The standard InChI is InChI=1S/C11H21NO2/c1-5-6-7-12-10(8-9(2)3)11(13)14-4/h7,9-10H,5-6,8H2,1-4H3/t10-/m0/s1. The van der Waals surface area contributed by atoms with Crippen molar-refractivity contribution in [2.24, 2.45) is 10.9 Å². The Morgan fingerprint density at radius 3 is 2.57 bits per heavy atom. The van der Waals surface area contributed by atoms with Gasteiger partial charge in [0.2, 0.25) is 0 Å². The lowest BCUT2D eigenvalue weighted by Crippen LogP contribution is -2.22. The molecule has 0 aliphatic rings. The summed E-state index contributed by atoms with van der Waals surface area (Å²) < 4.78 is 4.69. The molecule has 0 radical (unpaired) electrons. The van der Waals surface area contributed by atoms with Crippen LogP contribution in [-0.2, 0) is 9.53 Å². The Morgan fingerprint density at radius 2 is 2.14 bits per heavy atom. The molecule has 0 amide bonds. The van der Waals surface area contributed by atoms with Crippen molar-refractivity contribution in [3.05, 3.63) is 0 Å². The minimum absolute atomic E-state index is 0.231. The third kappa shape index (κ3) is 5.73. The second-order valence-corrected chi connectivity index (χ2v) is 3.79. The number of esters is 1. The van der Waals surface area contributed by atoms with Gasteiger partial charge in [0.1, 0.15) is 6.04 Å². The zero-order chi connectivity index (χ0) is 11.0. The highest BCUT2D eigenvalue weighted by Crippen LogP contribution is 2.09. The van der Waals surface area contributed by atoms with Crippen molar-refractivity contribution in [1.82, 2.24) is 0 Å². The lowest BCUT2D eigenvalue weighted by Gasteiger charge is -2.11. The first-order valence-electron chi connectivity index (χ1n) is 5.21. The van der Waals surface area contributed by atoms with Crippen molar-refractivity contribution in [3.8, 4) is 0 Å². The fourth-order valence-corrected chi connectivity index (χ4v) is 1.13. The molecule has 0 saturated carbocycles. The van der Waals surface area contributed by atoms with Gasteiger partial charge in [0.25, 0.3) is 0 Å². The Balaban J connectivity index is 4.17. The molecule has 0 aromatic carbocycles. The first-order chi connectivity index (χ1) is 6.61. The van der Waals surface area contributed by atoms with Gasteiger partial charge in [-0.2, -0.15) is 0 Å². The fourth-order valence-electron chi connectivity index (χ4n) is 1.13. The molecule has 0 spiro atoms. The van der Waals surface area contributed by atoms with Crippen molar-refractivity contribution in [3.63, 3.8) is 0 Å². The molecule has 0 N–H and O–H groups in total. The lowest BCUT2D eigenvalue weighted by molar-refractivity contribution is -0.142. The Labute approximate surface area is 86.6 Å². The van der Waals surface area contributed by atoms with Crippen LogP contribution in [0.5, 0.6) is 0 Å². The van der Waals surface area contributed by atoms with Crippen LogP contribution in [0.4, 0.5) is 0 Å². The Bertz CT molecular complexity index is 188. The number of carbonyl (C=O) groups excluding carboxylic acids is 1. The molecule has 82 valence electrons. The summed E-state index contributed by atoms with van der Waals surface area (Å²) >= 11 is 0. The maximum Gasteiger partial charge on any atom is 0.330 e. The minimum Gasteiger partial charge on any atom is -0.467 e. The van der Waals surface area contributed by atoms with E-state index in [4.69, 9.17) is 4.74 Å². The summed E-state index contributed by atoms with van der Waals surface area (Å²) in [6.07, 6.45) is 4.56. The van der Waals surface area contributed by atoms with E-state index in [9.17, 15) is 4.79 Å². The van der Waals surface area contributed by atoms with E-state index in [1.54, 1.807) is 0 Å². The third-order valence-corrected chi connectivity index (χ3v) is 1.87. The Morgan fingerprint density at radius 1 is 1.50 bits per heavy atom. The summed E-state index contributed by atoms with van der Waals surface area (Å²) in [6.45, 7) is 6.23. The van der Waals surface area contributed by atoms with Gasteiger partial charge in [0.15, 0.2) is 0 Å². The maximum absolute atomic E-state index is 11.3. The first kappa shape index (κ1) is 13.1. The van der Waals surface area contributed by atoms with Crippen LogP contribution < -0.4 is 0 Å². The van der Waals surface area contributed by atoms with E-state index in [-0.39, 0.29) is 12.0 Å². The summed E-state index contributed by atoms with van der Waals surface area (Å²) in [4.78, 5) is 15.5. The topological polar surface area (TPSA) is 38.7 Å². The molecule has 0 heterocycles. The highest BCUT2D eigenvalue weighted by atomic mass is 16.5. The summed E-state index contributed by atoms with van der Waals surface area (Å²) in [5, 5.41) is 0. The van der Waals surface area contributed by atoms with Gasteiger partial charge in [0.05, 0.1) is 7.11 Å². The number of hydrogen-bond donors (Lipinski definition) is 0. The second-order valence-electron chi connectivity index (χ2n) is 3.79. The van der Waals surface area contributed by atoms with Crippen LogP contribution in [-0.4, -0.2) is 25.3 Å². The maximum atomic E-state index is 11.3. The van der Waals surface area contributed by atoms with E-state index < -0.39 is 0 Å². The number of hydrogen-bond acceptors (Lipinski definition) is 3. The van der Waals surface area contributed by atoms with Crippen LogP contribution in [0, 0.1) is 5.92 Å². The monoisotopic (exact) mass is 199 g/mol. The van der Waals surface area contributed by atoms with Crippen LogP contribution in [0.15, 0.2) is 4.99 Å². The molecular formula is C11H21NO2. The number of unbranched alkanes of at least 4 members (excludes halogenated alkanes) is 1. The molecule has 0 aromatic rings. The molecule has 3 nitrogen and oxygen atoms in total. The van der Waals surface area contributed by atoms with Gasteiger partial charge in [-0.3, -0.25) is 4.99 Å². The van der Waals surface area contributed by atoms with E-state index in [1.165, 1.54) is 7.11 Å². The number of rotatable bonds is 6. The number of methoxy groups -OCH3 is 1. The van der Waals surface area contributed by atoms with Crippen molar-refractivity contribution in [2.45, 2.75) is 46.1 Å². The fraction of sp³-hybridized carbons (Fsp3) is 0.818. The molecule has 0 saturated heterocycles. The average molecular weight is 199 g/mol. The first-order valence-corrected chi connectivity index (χ1v) is 5.21. The summed E-state index contributed by atoms with van der Waals surface area (Å²) in [5.41, 5.74) is 0. The molecule has 0 fully saturated rings. The zero-order valence-corrected chi connectivity index (χ0v) is 9.62. The van der Waals surface area contributed by atoms with Crippen molar-refractivity contribution >= 4 is 12.2 Å². The van der Waals surface area contributed by atoms with Crippen LogP contribution in [0.25, 0.3) is 0 Å². The van der Waals surface area contributed by atoms with E-state index in [0.717, 1.165) is 19.3 Å². The molecular weight excluding hydrogens is 178 g/mol. The van der Waals surface area contributed by atoms with Gasteiger partial charge in [-0.1, -0.05) is 27.2 Å². The van der Waals surface area contributed by atoms with Crippen molar-refractivity contribution in [1.29, 1.82) is 0 Å². The van der Waals surface area contributed by atoms with Gasteiger partial charge in [-0.25, -0.2) is 4.79 Å². The van der Waals surface area contributed by atoms with Gasteiger partial charge < -0.3 is 4.74 Å². The third-order valence-electron chi connectivity index (χ3n) is 1.87. The van der Waals surface area contributed by atoms with E-state index in [0.29, 0.717) is 5.92 Å². The highest BCUT2D eigenvalue weighted by molar-refractivity contribution is 5.77. The largest absolute Gasteiger partial charge is 0.467 e. The summed E-state index contributed by atoms with van der Waals surface area (Å²) in [5.74, 6) is 0.226. The Kier molecular flexibility index (Phi) is 7.07. The smallest absolute Gasteiger partial charge is 0.330 e. The summed E-state index contributed by atoms with van der Waals surface area (Å²) in [7, 11) is 1.41. The van der Waals surface area contributed by atoms with Gasteiger partial charge in [-0.15, -0.1) is 0 Å². The molecule has 1 atom stereocenters. The number of carbonyl (C=O) groups is 1. The predicted molar refractivity (Wildman–Crippen MR) is 58.7 cm³/mol. The molecule has 3 heteroatoms. The van der Waals surface area contributed by atoms with E-state index in [1.807, 2.05) is 6.21 Å². The molecule has 0 bridgehead atoms. The quantitative estimate of drug-likeness (QED) is 0.487. The lowest BCUT2D eigenvalue weighted by atomic mass is 10.0. The van der Waals surface area contributed by atoms with Crippen molar-refractivity contribution in [2.75, 3.05) is 7.11 Å². The average Bonchev–Trinajstić information content (AvgIpc) is 2.15. The molecule has 0 aliphatic heterocycles. The minimum atomic E-state index is -0.313. The molecule has 0 aliphatic carbocycles. The van der Waals surface area contributed by atoms with Crippen molar-refractivity contribution < 1.29 is 9.53 Å². The van der Waals surface area contributed by atoms with Crippen LogP contribution in [0.3, 0.4) is 0 Å². The zero-order valence-electron chi connectivity index (χ0n) is 9.62. The van der Waals surface area contributed by atoms with Gasteiger partial charge in [0, 0.05) is 0 Å². The highest BCUT2D eigenvalue weighted by Gasteiger charge is 2.18. The molecule has 0 rings (SSSR count). The van der Waals surface area contributed by atoms with Gasteiger partial charge >= 0.3 is 5.97 Å². The number of ether oxygens (including phenoxy) is 1. The van der Waals surface area contributed by atoms with Crippen LogP contribution in [0.1, 0.15) is 40.0 Å². The normalized spacial score (nSPS) is 13.5. The SMILES string of the molecule is CCCC=N[C@@H](CC(C)C)C(=O)OC. The number of aliphatic imine (C=N–C) groups is 1. The van der Waals surface area contributed by atoms with E-state index >= 15 is 0 Å². The molecule has 14 heavy (non-hydrogen) atoms. The van der Waals surface area contributed by atoms with Crippen LogP contribution >= 0.6 is 0 Å². The van der Waals surface area contributed by atoms with Gasteiger partial charge in [-0.05, 0) is 25.0 Å². The number of nitrogens with zero attached hydrogens (tertiary/aromatic N) is 1. The molecule has 0 aromatic heterocycles. The summed E-state index contributed by atoms with van der Waals surface area (Å²) in [6, 6.07) is -0.313. The Hall–Kier alpha value is -0.860. The second kappa shape index (κ2) is 7.54.